The molecule has 0 saturated heterocycles. The standard InChI is InChI=1S/C18H6Cl4N2O2S2/c19-5-1-7(21)11-9(3-5)27-17-13(23-11)15(25)18-14(16(17)26)24-12-8(22)2-6(20)4-10(12)28-18/h1-4,23-24H. The summed E-state index contributed by atoms with van der Waals surface area (Å²) in [5.74, 6) is 0. The second-order valence-corrected chi connectivity index (χ2v) is 9.83. The zero-order valence-electron chi connectivity index (χ0n) is 13.5. The lowest BCUT2D eigenvalue weighted by molar-refractivity contribution is 1.46. The number of nitrogens with one attached hydrogen (secondary N) is 2. The van der Waals surface area contributed by atoms with Crippen LogP contribution in [0.2, 0.25) is 20.1 Å². The molecule has 0 bridgehead atoms. The minimum absolute atomic E-state index is 0.205. The molecule has 2 heterocycles. The van der Waals surface area contributed by atoms with E-state index in [1.807, 2.05) is 0 Å². The second kappa shape index (κ2) is 6.49. The maximum Gasteiger partial charge on any atom is 0.222 e. The van der Waals surface area contributed by atoms with Gasteiger partial charge in [0.1, 0.15) is 20.4 Å². The third-order valence-electron chi connectivity index (χ3n) is 4.28. The number of aromatic amines is 2. The Morgan fingerprint density at radius 3 is 1.39 bits per heavy atom. The van der Waals surface area contributed by atoms with Gasteiger partial charge < -0.3 is 9.97 Å². The average Bonchev–Trinajstić information content (AvgIpc) is 2.64. The van der Waals surface area contributed by atoms with Crippen LogP contribution in [0.25, 0.3) is 40.9 Å². The lowest BCUT2D eigenvalue weighted by atomic mass is 10.2. The van der Waals surface area contributed by atoms with Gasteiger partial charge in [0.25, 0.3) is 0 Å². The maximum atomic E-state index is 13.2. The zero-order chi connectivity index (χ0) is 19.7. The minimum atomic E-state index is -0.298. The van der Waals surface area contributed by atoms with Gasteiger partial charge in [-0.15, -0.1) is 22.7 Å². The molecule has 2 N–H and O–H groups in total. The van der Waals surface area contributed by atoms with E-state index in [-0.39, 0.29) is 31.3 Å². The van der Waals surface area contributed by atoms with Gasteiger partial charge in [-0.1, -0.05) is 46.4 Å². The number of hydrogen-bond donors (Lipinski definition) is 2. The van der Waals surface area contributed by atoms with Crippen LogP contribution < -0.4 is 10.9 Å². The van der Waals surface area contributed by atoms with Crippen molar-refractivity contribution in [2.45, 2.75) is 0 Å². The van der Waals surface area contributed by atoms with Crippen LogP contribution >= 0.6 is 69.1 Å². The van der Waals surface area contributed by atoms with E-state index in [0.29, 0.717) is 40.5 Å². The molecule has 2 aromatic heterocycles. The number of halogens is 4. The molecule has 28 heavy (non-hydrogen) atoms. The van der Waals surface area contributed by atoms with Crippen molar-refractivity contribution < 1.29 is 0 Å². The minimum Gasteiger partial charge on any atom is -0.349 e. The Morgan fingerprint density at radius 1 is 0.607 bits per heavy atom. The van der Waals surface area contributed by atoms with E-state index >= 15 is 0 Å². The molecule has 0 aliphatic heterocycles. The molecule has 5 rings (SSSR count). The van der Waals surface area contributed by atoms with Gasteiger partial charge in [-0.25, -0.2) is 0 Å². The van der Waals surface area contributed by atoms with Crippen LogP contribution in [0, 0.1) is 0 Å². The summed E-state index contributed by atoms with van der Waals surface area (Å²) in [4.78, 5) is 32.4. The molecule has 5 aromatic rings. The molecule has 0 radical (unpaired) electrons. The van der Waals surface area contributed by atoms with Crippen molar-refractivity contribution in [3.05, 3.63) is 64.8 Å². The highest BCUT2D eigenvalue weighted by atomic mass is 35.5. The zero-order valence-corrected chi connectivity index (χ0v) is 18.1. The average molecular weight is 488 g/mol. The molecule has 10 heteroatoms. The van der Waals surface area contributed by atoms with Crippen molar-refractivity contribution in [1.29, 1.82) is 0 Å². The van der Waals surface area contributed by atoms with Crippen molar-refractivity contribution in [2.24, 2.45) is 0 Å². The fourth-order valence-corrected chi connectivity index (χ4v) is 6.60. The topological polar surface area (TPSA) is 65.7 Å². The highest BCUT2D eigenvalue weighted by Crippen LogP contribution is 2.34. The smallest absolute Gasteiger partial charge is 0.222 e. The highest BCUT2D eigenvalue weighted by molar-refractivity contribution is 7.25. The number of aromatic nitrogens is 2. The van der Waals surface area contributed by atoms with Crippen LogP contribution in [0.15, 0.2) is 33.9 Å². The molecule has 3 aromatic carbocycles. The summed E-state index contributed by atoms with van der Waals surface area (Å²) in [6.07, 6.45) is 0. The molecule has 0 fully saturated rings. The summed E-state index contributed by atoms with van der Waals surface area (Å²) in [6.45, 7) is 0. The Morgan fingerprint density at radius 2 is 1.00 bits per heavy atom. The third kappa shape index (κ3) is 2.71. The number of benzene rings is 3. The van der Waals surface area contributed by atoms with Gasteiger partial charge in [0.05, 0.1) is 30.5 Å². The highest BCUT2D eigenvalue weighted by Gasteiger charge is 2.17. The van der Waals surface area contributed by atoms with E-state index < -0.39 is 0 Å². The molecule has 0 amide bonds. The number of H-pyrrole nitrogens is 2. The fraction of sp³-hybridized carbons (Fsp3) is 0. The van der Waals surface area contributed by atoms with E-state index in [4.69, 9.17) is 46.4 Å². The van der Waals surface area contributed by atoms with Crippen molar-refractivity contribution in [2.75, 3.05) is 0 Å². The van der Waals surface area contributed by atoms with Gasteiger partial charge in [-0.05, 0) is 24.3 Å². The SMILES string of the molecule is O=c1c2[nH]c3c(Cl)cc(Cl)cc3sc2c(=O)c2[nH]c3c(Cl)cc(Cl)cc3sc12. The predicted octanol–water partition coefficient (Wildman–Crippen LogP) is 6.97. The van der Waals surface area contributed by atoms with E-state index in [9.17, 15) is 9.59 Å². The van der Waals surface area contributed by atoms with Crippen molar-refractivity contribution >= 4 is 110 Å². The Balaban J connectivity index is 2.04. The molecule has 4 nitrogen and oxygen atoms in total. The Bertz CT molecular complexity index is 1490. The normalized spacial score (nSPS) is 11.9. The molecular weight excluding hydrogens is 482 g/mol. The van der Waals surface area contributed by atoms with Crippen molar-refractivity contribution in [3.63, 3.8) is 0 Å². The Hall–Kier alpha value is -1.54. The molecule has 0 aliphatic rings. The van der Waals surface area contributed by atoms with Crippen LogP contribution in [0.3, 0.4) is 0 Å². The molecule has 0 spiro atoms. The summed E-state index contributed by atoms with van der Waals surface area (Å²) >= 11 is 27.0. The van der Waals surface area contributed by atoms with Gasteiger partial charge in [0.2, 0.25) is 10.9 Å². The number of fused-ring (bicyclic) bond motifs is 4. The summed E-state index contributed by atoms with van der Waals surface area (Å²) in [5.41, 5.74) is 0.925. The first-order chi connectivity index (χ1) is 13.3. The molecule has 0 atom stereocenters. The first kappa shape index (κ1) is 18.5. The monoisotopic (exact) mass is 486 g/mol. The van der Waals surface area contributed by atoms with Crippen LogP contribution in [-0.2, 0) is 0 Å². The van der Waals surface area contributed by atoms with Crippen LogP contribution in [0.1, 0.15) is 0 Å². The van der Waals surface area contributed by atoms with Crippen LogP contribution in [0.4, 0.5) is 0 Å². The summed E-state index contributed by atoms with van der Waals surface area (Å²) in [5, 5.41) is 1.64. The van der Waals surface area contributed by atoms with Gasteiger partial charge >= 0.3 is 0 Å². The van der Waals surface area contributed by atoms with Gasteiger partial charge in [-0.2, -0.15) is 0 Å². The van der Waals surface area contributed by atoms with Crippen LogP contribution in [-0.4, -0.2) is 9.97 Å². The van der Waals surface area contributed by atoms with Gasteiger partial charge in [0.15, 0.2) is 0 Å². The van der Waals surface area contributed by atoms with Gasteiger partial charge in [0, 0.05) is 10.0 Å². The summed E-state index contributed by atoms with van der Waals surface area (Å²) in [6, 6.07) is 6.56. The quantitative estimate of drug-likeness (QED) is 0.231. The fourth-order valence-electron chi connectivity index (χ4n) is 3.06. The largest absolute Gasteiger partial charge is 0.349 e. The van der Waals surface area contributed by atoms with E-state index in [1.165, 1.54) is 22.7 Å². The van der Waals surface area contributed by atoms with Crippen LogP contribution in [0.5, 0.6) is 0 Å². The van der Waals surface area contributed by atoms with Crippen molar-refractivity contribution in [3.8, 4) is 0 Å². The Labute approximate surface area is 183 Å². The summed E-state index contributed by atoms with van der Waals surface area (Å²) in [7, 11) is 0. The molecule has 0 saturated carbocycles. The molecule has 0 aliphatic carbocycles. The first-order valence-corrected chi connectivity index (χ1v) is 10.9. The number of hydrogen-bond acceptors (Lipinski definition) is 4. The van der Waals surface area contributed by atoms with E-state index in [2.05, 4.69) is 9.97 Å². The third-order valence-corrected chi connectivity index (χ3v) is 7.59. The number of rotatable bonds is 0. The predicted molar refractivity (Wildman–Crippen MR) is 122 cm³/mol. The molecule has 0 unspecified atom stereocenters. The second-order valence-electron chi connectivity index (χ2n) is 6.04. The van der Waals surface area contributed by atoms with Gasteiger partial charge in [-0.3, -0.25) is 9.59 Å². The lowest BCUT2D eigenvalue weighted by Crippen LogP contribution is -2.14. The Kier molecular flexibility index (Phi) is 4.28. The summed E-state index contributed by atoms with van der Waals surface area (Å²) < 4.78 is 1.93. The van der Waals surface area contributed by atoms with E-state index in [0.717, 1.165) is 0 Å². The van der Waals surface area contributed by atoms with Crippen molar-refractivity contribution in [1.82, 2.24) is 9.97 Å². The maximum absolute atomic E-state index is 13.2. The molecule has 140 valence electrons. The van der Waals surface area contributed by atoms with E-state index in [1.54, 1.807) is 24.3 Å². The molecular formula is C18H6Cl4N2O2S2. The lowest BCUT2D eigenvalue weighted by Gasteiger charge is -2.08. The first-order valence-electron chi connectivity index (χ1n) is 7.79.